The van der Waals surface area contributed by atoms with Crippen molar-refractivity contribution in [3.63, 3.8) is 0 Å². The smallest absolute Gasteiger partial charge is 0.0575 e. The minimum Gasteiger partial charge on any atom is -0.378 e. The summed E-state index contributed by atoms with van der Waals surface area (Å²) < 4.78 is 6.38. The van der Waals surface area contributed by atoms with Crippen LogP contribution in [0.1, 0.15) is 104 Å². The third-order valence-electron chi connectivity index (χ3n) is 7.96. The Morgan fingerprint density at radius 2 is 1.31 bits per heavy atom. The zero-order chi connectivity index (χ0) is 18.2. The predicted octanol–water partition coefficient (Wildman–Crippen LogP) is 7.55. The number of allylic oxidation sites excluding steroid dienone is 2. The van der Waals surface area contributed by atoms with E-state index in [-0.39, 0.29) is 0 Å². The van der Waals surface area contributed by atoms with Crippen LogP contribution in [0.3, 0.4) is 0 Å². The van der Waals surface area contributed by atoms with Crippen molar-refractivity contribution in [3.05, 3.63) is 12.2 Å². The van der Waals surface area contributed by atoms with Crippen molar-refractivity contribution in [2.24, 2.45) is 29.6 Å². The van der Waals surface area contributed by atoms with Crippen molar-refractivity contribution >= 4 is 0 Å². The van der Waals surface area contributed by atoms with Crippen LogP contribution in [0.15, 0.2) is 12.2 Å². The molecule has 0 aromatic rings. The molecule has 0 spiro atoms. The first-order chi connectivity index (χ1) is 12.7. The molecular formula is C25H44O. The van der Waals surface area contributed by atoms with Gasteiger partial charge in [-0.1, -0.05) is 31.9 Å². The molecule has 0 aliphatic heterocycles. The fourth-order valence-corrected chi connectivity index (χ4v) is 5.94. The van der Waals surface area contributed by atoms with E-state index in [4.69, 9.17) is 4.74 Å². The Labute approximate surface area is 163 Å². The first kappa shape index (κ1) is 20.4. The van der Waals surface area contributed by atoms with E-state index in [0.717, 1.165) is 36.2 Å². The molecule has 3 aliphatic carbocycles. The Bertz CT molecular complexity index is 390. The molecule has 26 heavy (non-hydrogen) atoms. The van der Waals surface area contributed by atoms with Crippen LogP contribution in [0, 0.1) is 29.6 Å². The molecule has 0 heterocycles. The molecule has 0 bridgehead atoms. The molecule has 0 aromatic carbocycles. The second kappa shape index (κ2) is 10.9. The highest BCUT2D eigenvalue weighted by Gasteiger charge is 2.30. The molecule has 0 amide bonds. The molecule has 3 fully saturated rings. The van der Waals surface area contributed by atoms with Gasteiger partial charge < -0.3 is 4.74 Å². The fraction of sp³-hybridized carbons (Fsp3) is 0.920. The molecule has 0 aromatic heterocycles. The lowest BCUT2D eigenvalue weighted by Gasteiger charge is -2.37. The number of ether oxygens (including phenoxy) is 1. The molecule has 3 rings (SSSR count). The molecule has 3 aliphatic rings. The van der Waals surface area contributed by atoms with E-state index in [9.17, 15) is 0 Å². The van der Waals surface area contributed by atoms with E-state index >= 15 is 0 Å². The van der Waals surface area contributed by atoms with Crippen LogP contribution in [0.4, 0.5) is 0 Å². The summed E-state index contributed by atoms with van der Waals surface area (Å²) in [7, 11) is 0. The van der Waals surface area contributed by atoms with Crippen molar-refractivity contribution in [1.29, 1.82) is 0 Å². The van der Waals surface area contributed by atoms with Gasteiger partial charge in [0.2, 0.25) is 0 Å². The van der Waals surface area contributed by atoms with E-state index in [1.807, 2.05) is 0 Å². The quantitative estimate of drug-likeness (QED) is 0.426. The van der Waals surface area contributed by atoms with Crippen molar-refractivity contribution < 1.29 is 4.74 Å². The molecule has 150 valence electrons. The maximum Gasteiger partial charge on any atom is 0.0575 e. The average Bonchev–Trinajstić information content (AvgIpc) is 2.69. The number of rotatable bonds is 7. The minimum atomic E-state index is 0.575. The molecule has 3 saturated carbocycles. The van der Waals surface area contributed by atoms with Gasteiger partial charge in [0.25, 0.3) is 0 Å². The predicted molar refractivity (Wildman–Crippen MR) is 112 cm³/mol. The molecule has 0 N–H and O–H groups in total. The van der Waals surface area contributed by atoms with Crippen molar-refractivity contribution in [2.45, 2.75) is 110 Å². The Kier molecular flexibility index (Phi) is 8.56. The van der Waals surface area contributed by atoms with E-state index in [1.54, 1.807) is 0 Å². The van der Waals surface area contributed by atoms with Crippen molar-refractivity contribution in [2.75, 3.05) is 6.61 Å². The topological polar surface area (TPSA) is 9.23 Å². The van der Waals surface area contributed by atoms with Crippen LogP contribution in [0.2, 0.25) is 0 Å². The average molecular weight is 361 g/mol. The van der Waals surface area contributed by atoms with Crippen LogP contribution >= 0.6 is 0 Å². The lowest BCUT2D eigenvalue weighted by atomic mass is 9.69. The minimum absolute atomic E-state index is 0.575. The third kappa shape index (κ3) is 6.39. The van der Waals surface area contributed by atoms with Crippen LogP contribution in [-0.4, -0.2) is 12.7 Å². The van der Waals surface area contributed by atoms with Gasteiger partial charge in [0, 0.05) is 6.61 Å². The zero-order valence-electron chi connectivity index (χ0n) is 17.6. The zero-order valence-corrected chi connectivity index (χ0v) is 17.6. The molecule has 1 nitrogen and oxygen atoms in total. The van der Waals surface area contributed by atoms with E-state index in [1.165, 1.54) is 89.9 Å². The molecule has 1 heteroatoms. The molecule has 0 radical (unpaired) electrons. The molecule has 0 saturated heterocycles. The molecule has 0 unspecified atom stereocenters. The van der Waals surface area contributed by atoms with Gasteiger partial charge in [-0.15, -0.1) is 0 Å². The largest absolute Gasteiger partial charge is 0.378 e. The summed E-state index contributed by atoms with van der Waals surface area (Å²) in [5.41, 5.74) is 0. The summed E-state index contributed by atoms with van der Waals surface area (Å²) in [4.78, 5) is 0. The van der Waals surface area contributed by atoms with E-state index in [2.05, 4.69) is 26.0 Å². The van der Waals surface area contributed by atoms with Gasteiger partial charge in [-0.2, -0.15) is 0 Å². The van der Waals surface area contributed by atoms with Gasteiger partial charge in [0.1, 0.15) is 0 Å². The summed E-state index contributed by atoms with van der Waals surface area (Å²) in [6.45, 7) is 5.64. The van der Waals surface area contributed by atoms with Crippen LogP contribution < -0.4 is 0 Å². The summed E-state index contributed by atoms with van der Waals surface area (Å²) in [5.74, 6) is 4.92. The number of hydrogen-bond acceptors (Lipinski definition) is 1. The SMILES string of the molecule is C/C=C/CCC1CCC(OCC2CCC(C3CCC(C)CC3)CC2)CC1. The van der Waals surface area contributed by atoms with Gasteiger partial charge in [-0.25, -0.2) is 0 Å². The summed E-state index contributed by atoms with van der Waals surface area (Å²) in [6.07, 6.45) is 25.1. The summed E-state index contributed by atoms with van der Waals surface area (Å²) in [6, 6.07) is 0. The van der Waals surface area contributed by atoms with E-state index in [0.29, 0.717) is 6.10 Å². The summed E-state index contributed by atoms with van der Waals surface area (Å²) in [5, 5.41) is 0. The molecular weight excluding hydrogens is 316 g/mol. The third-order valence-corrected chi connectivity index (χ3v) is 7.96. The monoisotopic (exact) mass is 360 g/mol. The van der Waals surface area contributed by atoms with Crippen LogP contribution in [-0.2, 0) is 4.74 Å². The Morgan fingerprint density at radius 3 is 1.92 bits per heavy atom. The second-order valence-corrected chi connectivity index (χ2v) is 9.92. The highest BCUT2D eigenvalue weighted by Crippen LogP contribution is 2.41. The molecule has 0 atom stereocenters. The van der Waals surface area contributed by atoms with Gasteiger partial charge in [-0.05, 0) is 114 Å². The first-order valence-corrected chi connectivity index (χ1v) is 12.0. The highest BCUT2D eigenvalue weighted by atomic mass is 16.5. The number of hydrogen-bond donors (Lipinski definition) is 0. The Hall–Kier alpha value is -0.300. The second-order valence-electron chi connectivity index (χ2n) is 9.92. The normalized spacial score (nSPS) is 39.3. The maximum atomic E-state index is 6.38. The lowest BCUT2D eigenvalue weighted by Crippen LogP contribution is -2.28. The van der Waals surface area contributed by atoms with Gasteiger partial charge in [0.05, 0.1) is 6.10 Å². The Morgan fingerprint density at radius 1 is 0.731 bits per heavy atom. The van der Waals surface area contributed by atoms with Crippen molar-refractivity contribution in [3.8, 4) is 0 Å². The lowest BCUT2D eigenvalue weighted by molar-refractivity contribution is -0.0127. The maximum absolute atomic E-state index is 6.38. The summed E-state index contributed by atoms with van der Waals surface area (Å²) >= 11 is 0. The van der Waals surface area contributed by atoms with E-state index < -0.39 is 0 Å². The van der Waals surface area contributed by atoms with Gasteiger partial charge in [-0.3, -0.25) is 0 Å². The van der Waals surface area contributed by atoms with Crippen LogP contribution in [0.5, 0.6) is 0 Å². The fourth-order valence-electron chi connectivity index (χ4n) is 5.94. The van der Waals surface area contributed by atoms with Gasteiger partial charge in [0.15, 0.2) is 0 Å². The Balaban J connectivity index is 1.26. The van der Waals surface area contributed by atoms with Crippen LogP contribution in [0.25, 0.3) is 0 Å². The van der Waals surface area contributed by atoms with Crippen molar-refractivity contribution in [1.82, 2.24) is 0 Å². The van der Waals surface area contributed by atoms with Gasteiger partial charge >= 0.3 is 0 Å². The first-order valence-electron chi connectivity index (χ1n) is 12.0. The highest BCUT2D eigenvalue weighted by molar-refractivity contribution is 4.82. The standard InChI is InChI=1S/C25H44O/c1-3-4-5-6-21-11-17-25(18-12-21)26-19-22-9-15-24(16-10-22)23-13-7-20(2)8-14-23/h3-4,20-25H,5-19H2,1-2H3/b4-3+.